The largest absolute Gasteiger partial charge is 0.490 e. The Morgan fingerprint density at radius 1 is 1.14 bits per heavy atom. The number of ether oxygens (including phenoxy) is 2. The maximum Gasteiger partial charge on any atom is 0.298 e. The summed E-state index contributed by atoms with van der Waals surface area (Å²) in [5, 5.41) is 0.0893. The number of imide groups is 1. The smallest absolute Gasteiger partial charge is 0.298 e. The van der Waals surface area contributed by atoms with E-state index in [9.17, 15) is 9.59 Å². The summed E-state index contributed by atoms with van der Waals surface area (Å²) in [7, 11) is 0. The molecule has 1 heterocycles. The van der Waals surface area contributed by atoms with Crippen molar-refractivity contribution in [1.29, 1.82) is 0 Å². The molecule has 7 heteroatoms. The molecule has 5 nitrogen and oxygen atoms in total. The van der Waals surface area contributed by atoms with E-state index in [1.165, 1.54) is 0 Å². The van der Waals surface area contributed by atoms with Gasteiger partial charge in [-0.05, 0) is 60.7 Å². The standard InChI is InChI=1S/C21H18ClNO4S/c1-3-10-27-17-9-8-14(11-18(17)26-4-2)12-19-20(24)23(21(25)28-19)16-7-5-6-15(22)13-16/h3,5-9,11-13H,1,4,10H2,2H3. The van der Waals surface area contributed by atoms with Crippen molar-refractivity contribution in [3.05, 3.63) is 70.6 Å². The highest BCUT2D eigenvalue weighted by Gasteiger charge is 2.36. The molecule has 0 bridgehead atoms. The lowest BCUT2D eigenvalue weighted by Crippen LogP contribution is -2.27. The zero-order valence-corrected chi connectivity index (χ0v) is 16.8. The number of benzene rings is 2. The van der Waals surface area contributed by atoms with Crippen molar-refractivity contribution in [1.82, 2.24) is 0 Å². The van der Waals surface area contributed by atoms with Gasteiger partial charge in [0.05, 0.1) is 17.2 Å². The average Bonchev–Trinajstić information content (AvgIpc) is 2.94. The quantitative estimate of drug-likeness (QED) is 0.438. The summed E-state index contributed by atoms with van der Waals surface area (Å²) >= 11 is 6.87. The maximum atomic E-state index is 12.8. The molecule has 0 radical (unpaired) electrons. The van der Waals surface area contributed by atoms with Crippen LogP contribution in [-0.4, -0.2) is 24.4 Å². The van der Waals surface area contributed by atoms with E-state index >= 15 is 0 Å². The molecule has 0 unspecified atom stereocenters. The minimum Gasteiger partial charge on any atom is -0.490 e. The number of hydrogen-bond acceptors (Lipinski definition) is 5. The van der Waals surface area contributed by atoms with E-state index < -0.39 is 0 Å². The van der Waals surface area contributed by atoms with Gasteiger partial charge in [-0.15, -0.1) is 0 Å². The fourth-order valence-corrected chi connectivity index (χ4v) is 3.63. The number of anilines is 1. The third-order valence-electron chi connectivity index (χ3n) is 3.78. The lowest BCUT2D eigenvalue weighted by molar-refractivity contribution is -0.113. The van der Waals surface area contributed by atoms with Gasteiger partial charge in [0.2, 0.25) is 0 Å². The lowest BCUT2D eigenvalue weighted by atomic mass is 10.1. The van der Waals surface area contributed by atoms with Crippen LogP contribution in [0.4, 0.5) is 10.5 Å². The van der Waals surface area contributed by atoms with Crippen molar-refractivity contribution in [3.8, 4) is 11.5 Å². The van der Waals surface area contributed by atoms with Gasteiger partial charge < -0.3 is 9.47 Å². The van der Waals surface area contributed by atoms with Crippen LogP contribution in [0.5, 0.6) is 11.5 Å². The van der Waals surface area contributed by atoms with Gasteiger partial charge in [-0.1, -0.05) is 36.4 Å². The van der Waals surface area contributed by atoms with E-state index in [1.807, 2.05) is 6.92 Å². The summed E-state index contributed by atoms with van der Waals surface area (Å²) in [6, 6.07) is 12.0. The van der Waals surface area contributed by atoms with E-state index in [0.29, 0.717) is 40.3 Å². The summed E-state index contributed by atoms with van der Waals surface area (Å²) in [5.74, 6) is 0.764. The van der Waals surface area contributed by atoms with Crippen molar-refractivity contribution in [2.75, 3.05) is 18.1 Å². The van der Waals surface area contributed by atoms with Crippen LogP contribution in [-0.2, 0) is 4.79 Å². The number of amides is 2. The second kappa shape index (κ2) is 8.99. The van der Waals surface area contributed by atoms with Crippen LogP contribution in [0, 0.1) is 0 Å². The molecular formula is C21H18ClNO4S. The van der Waals surface area contributed by atoms with E-state index in [2.05, 4.69) is 6.58 Å². The first-order chi connectivity index (χ1) is 13.5. The Labute approximate surface area is 172 Å². The predicted molar refractivity (Wildman–Crippen MR) is 113 cm³/mol. The third-order valence-corrected chi connectivity index (χ3v) is 4.89. The predicted octanol–water partition coefficient (Wildman–Crippen LogP) is 5.54. The van der Waals surface area contributed by atoms with Gasteiger partial charge in [-0.3, -0.25) is 9.59 Å². The highest BCUT2D eigenvalue weighted by atomic mass is 35.5. The highest BCUT2D eigenvalue weighted by molar-refractivity contribution is 8.19. The summed E-state index contributed by atoms with van der Waals surface area (Å²) in [6.45, 7) is 6.34. The van der Waals surface area contributed by atoms with Crippen LogP contribution in [0.1, 0.15) is 12.5 Å². The first-order valence-corrected chi connectivity index (χ1v) is 9.77. The molecule has 2 aromatic rings. The molecule has 1 aliphatic rings. The SMILES string of the molecule is C=CCOc1ccc(C=C2SC(=O)N(c3cccc(Cl)c3)C2=O)cc1OCC. The van der Waals surface area contributed by atoms with Crippen molar-refractivity contribution in [2.24, 2.45) is 0 Å². The van der Waals surface area contributed by atoms with E-state index in [-0.39, 0.29) is 11.1 Å². The summed E-state index contributed by atoms with van der Waals surface area (Å²) in [6.07, 6.45) is 3.31. The average molecular weight is 416 g/mol. The molecule has 0 atom stereocenters. The van der Waals surface area contributed by atoms with Gasteiger partial charge in [-0.25, -0.2) is 4.90 Å². The Morgan fingerprint density at radius 2 is 1.96 bits per heavy atom. The van der Waals surface area contributed by atoms with Crippen LogP contribution in [0.15, 0.2) is 60.0 Å². The molecule has 1 fully saturated rings. The Bertz CT molecular complexity index is 957. The number of thioether (sulfide) groups is 1. The summed E-state index contributed by atoms with van der Waals surface area (Å²) < 4.78 is 11.2. The number of hydrogen-bond donors (Lipinski definition) is 0. The summed E-state index contributed by atoms with van der Waals surface area (Å²) in [5.41, 5.74) is 1.17. The maximum absolute atomic E-state index is 12.8. The van der Waals surface area contributed by atoms with Crippen LogP contribution < -0.4 is 14.4 Å². The van der Waals surface area contributed by atoms with Crippen molar-refractivity contribution >= 4 is 46.3 Å². The van der Waals surface area contributed by atoms with E-state index in [1.54, 1.807) is 54.6 Å². The van der Waals surface area contributed by atoms with Crippen LogP contribution >= 0.6 is 23.4 Å². The monoisotopic (exact) mass is 415 g/mol. The first kappa shape index (κ1) is 20.0. The fraction of sp³-hybridized carbons (Fsp3) is 0.143. The molecule has 28 heavy (non-hydrogen) atoms. The van der Waals surface area contributed by atoms with Gasteiger partial charge >= 0.3 is 0 Å². The van der Waals surface area contributed by atoms with Crippen molar-refractivity contribution in [2.45, 2.75) is 6.92 Å². The van der Waals surface area contributed by atoms with Crippen LogP contribution in [0.3, 0.4) is 0 Å². The molecule has 1 saturated heterocycles. The van der Waals surface area contributed by atoms with E-state index in [4.69, 9.17) is 21.1 Å². The molecular weight excluding hydrogens is 398 g/mol. The number of halogens is 1. The molecule has 144 valence electrons. The van der Waals surface area contributed by atoms with Gasteiger partial charge in [0.1, 0.15) is 6.61 Å². The molecule has 0 aromatic heterocycles. The van der Waals surface area contributed by atoms with Gasteiger partial charge in [-0.2, -0.15) is 0 Å². The first-order valence-electron chi connectivity index (χ1n) is 8.57. The zero-order valence-electron chi connectivity index (χ0n) is 15.2. The van der Waals surface area contributed by atoms with Crippen LogP contribution in [0.25, 0.3) is 6.08 Å². The Morgan fingerprint density at radius 3 is 2.68 bits per heavy atom. The zero-order chi connectivity index (χ0) is 20.1. The van der Waals surface area contributed by atoms with Gasteiger partial charge in [0, 0.05) is 5.02 Å². The van der Waals surface area contributed by atoms with Crippen molar-refractivity contribution in [3.63, 3.8) is 0 Å². The van der Waals surface area contributed by atoms with Gasteiger partial charge in [0.15, 0.2) is 11.5 Å². The Hall–Kier alpha value is -2.70. The number of carbonyl (C=O) groups is 2. The molecule has 0 spiro atoms. The summed E-state index contributed by atoms with van der Waals surface area (Å²) in [4.78, 5) is 26.6. The molecule has 0 saturated carbocycles. The fourth-order valence-electron chi connectivity index (χ4n) is 2.61. The molecule has 0 N–H and O–H groups in total. The van der Waals surface area contributed by atoms with Gasteiger partial charge in [0.25, 0.3) is 11.1 Å². The minimum absolute atomic E-state index is 0.326. The molecule has 0 aliphatic carbocycles. The third kappa shape index (κ3) is 4.40. The molecule has 2 amide bonds. The lowest BCUT2D eigenvalue weighted by Gasteiger charge is -2.12. The Kier molecular flexibility index (Phi) is 6.44. The minimum atomic E-state index is -0.387. The van der Waals surface area contributed by atoms with Crippen molar-refractivity contribution < 1.29 is 19.1 Å². The Balaban J connectivity index is 1.89. The second-order valence-corrected chi connectivity index (χ2v) is 7.17. The van der Waals surface area contributed by atoms with E-state index in [0.717, 1.165) is 22.2 Å². The normalized spacial score (nSPS) is 15.2. The topological polar surface area (TPSA) is 55.8 Å². The number of rotatable bonds is 7. The highest BCUT2D eigenvalue weighted by Crippen LogP contribution is 2.37. The molecule has 1 aliphatic heterocycles. The van der Waals surface area contributed by atoms with Crippen LogP contribution in [0.2, 0.25) is 5.02 Å². The number of carbonyl (C=O) groups excluding carboxylic acids is 2. The number of nitrogens with zero attached hydrogens (tertiary/aromatic N) is 1. The second-order valence-electron chi connectivity index (χ2n) is 5.74. The molecule has 2 aromatic carbocycles. The molecule has 3 rings (SSSR count).